The number of piperazine rings is 1. The fourth-order valence-electron chi connectivity index (χ4n) is 5.56. The van der Waals surface area contributed by atoms with Crippen molar-refractivity contribution in [1.29, 1.82) is 5.26 Å². The fourth-order valence-corrected chi connectivity index (χ4v) is 5.56. The second-order valence-corrected chi connectivity index (χ2v) is 10.1. The molecule has 2 aliphatic rings. The van der Waals surface area contributed by atoms with E-state index in [-0.39, 0.29) is 30.3 Å². The number of fused-ring (bicyclic) bond motifs is 1. The number of anilines is 1. The van der Waals surface area contributed by atoms with Gasteiger partial charge in [-0.3, -0.25) is 14.4 Å². The number of aromatic nitrogens is 3. The van der Waals surface area contributed by atoms with E-state index in [0.717, 1.165) is 48.4 Å². The lowest BCUT2D eigenvalue weighted by molar-refractivity contribution is -0.0796. The number of pyridine rings is 1. The Labute approximate surface area is 217 Å². The molecule has 3 aromatic rings. The van der Waals surface area contributed by atoms with Crippen LogP contribution in [-0.2, 0) is 18.3 Å². The molecule has 196 valence electrons. The highest BCUT2D eigenvalue weighted by atomic mass is 16.6. The minimum absolute atomic E-state index is 0.0616. The van der Waals surface area contributed by atoms with Crippen LogP contribution >= 0.6 is 0 Å². The summed E-state index contributed by atoms with van der Waals surface area (Å²) < 4.78 is 14.4. The van der Waals surface area contributed by atoms with Gasteiger partial charge in [0.25, 0.3) is 5.56 Å². The van der Waals surface area contributed by atoms with Gasteiger partial charge in [0.05, 0.1) is 36.7 Å². The van der Waals surface area contributed by atoms with Gasteiger partial charge in [0.2, 0.25) is 0 Å². The van der Waals surface area contributed by atoms with E-state index in [9.17, 15) is 4.79 Å². The highest BCUT2D eigenvalue weighted by molar-refractivity contribution is 5.88. The molecule has 9 nitrogen and oxygen atoms in total. The molecule has 0 aliphatic carbocycles. The SMILES string of the molecule is CC[C@H]1CN(C(C)c2ccc(OC3COC3)cc2)[C@H](CC)CN1c1cc(=O)n(C)c2cn(CC#N)nc12. The molecule has 2 aliphatic heterocycles. The lowest BCUT2D eigenvalue weighted by atomic mass is 9.96. The first-order chi connectivity index (χ1) is 17.9. The van der Waals surface area contributed by atoms with E-state index in [2.05, 4.69) is 60.9 Å². The molecule has 9 heteroatoms. The van der Waals surface area contributed by atoms with E-state index in [1.165, 1.54) is 5.56 Å². The second-order valence-electron chi connectivity index (χ2n) is 10.1. The standard InChI is InChI=1S/C28H36N6O3/c1-5-21-15-34(25-13-27(35)31(4)26-16-32(12-11-29)30-28(25)26)22(6-2)14-33(21)19(3)20-7-9-23(10-8-20)37-24-17-36-18-24/h7-10,13,16,19,21-22,24H,5-6,12,14-15,17-18H2,1-4H3/t19?,21-,22+/m1/s1. The summed E-state index contributed by atoms with van der Waals surface area (Å²) in [4.78, 5) is 17.9. The Hall–Kier alpha value is -3.35. The molecule has 2 saturated heterocycles. The third-order valence-electron chi connectivity index (χ3n) is 7.93. The number of nitriles is 1. The molecule has 0 bridgehead atoms. The molecular weight excluding hydrogens is 468 g/mol. The molecule has 37 heavy (non-hydrogen) atoms. The van der Waals surface area contributed by atoms with Gasteiger partial charge in [0.15, 0.2) is 0 Å². The molecule has 1 unspecified atom stereocenters. The Morgan fingerprint density at radius 2 is 1.89 bits per heavy atom. The number of hydrogen-bond donors (Lipinski definition) is 0. The van der Waals surface area contributed by atoms with E-state index < -0.39 is 0 Å². The molecule has 0 N–H and O–H groups in total. The Morgan fingerprint density at radius 3 is 2.51 bits per heavy atom. The maximum absolute atomic E-state index is 12.9. The fraction of sp³-hybridized carbons (Fsp3) is 0.536. The Balaban J connectivity index is 1.41. The zero-order valence-corrected chi connectivity index (χ0v) is 22.1. The van der Waals surface area contributed by atoms with Gasteiger partial charge in [-0.25, -0.2) is 0 Å². The van der Waals surface area contributed by atoms with Crippen LogP contribution in [0.5, 0.6) is 5.75 Å². The lowest BCUT2D eigenvalue weighted by Gasteiger charge is -2.49. The number of aryl methyl sites for hydroxylation is 1. The third kappa shape index (κ3) is 4.83. The quantitative estimate of drug-likeness (QED) is 0.464. The first-order valence-electron chi connectivity index (χ1n) is 13.2. The van der Waals surface area contributed by atoms with Crippen molar-refractivity contribution in [2.45, 2.75) is 64.4 Å². The van der Waals surface area contributed by atoms with Crippen molar-refractivity contribution in [2.75, 3.05) is 31.2 Å². The normalized spacial score (nSPS) is 21.5. The van der Waals surface area contributed by atoms with Crippen LogP contribution < -0.4 is 15.2 Å². The number of benzene rings is 1. The maximum atomic E-state index is 12.9. The monoisotopic (exact) mass is 504 g/mol. The van der Waals surface area contributed by atoms with E-state index >= 15 is 0 Å². The lowest BCUT2D eigenvalue weighted by Crippen LogP contribution is -2.58. The van der Waals surface area contributed by atoms with Gasteiger partial charge in [-0.15, -0.1) is 0 Å². The number of hydrogen-bond acceptors (Lipinski definition) is 7. The summed E-state index contributed by atoms with van der Waals surface area (Å²) >= 11 is 0. The summed E-state index contributed by atoms with van der Waals surface area (Å²) in [5.74, 6) is 0.887. The van der Waals surface area contributed by atoms with Gasteiger partial charge in [-0.2, -0.15) is 10.4 Å². The van der Waals surface area contributed by atoms with Gasteiger partial charge >= 0.3 is 0 Å². The summed E-state index contributed by atoms with van der Waals surface area (Å²) in [5, 5.41) is 13.9. The Kier molecular flexibility index (Phi) is 7.22. The van der Waals surface area contributed by atoms with Crippen molar-refractivity contribution < 1.29 is 9.47 Å². The van der Waals surface area contributed by atoms with Crippen molar-refractivity contribution in [2.24, 2.45) is 7.05 Å². The smallest absolute Gasteiger partial charge is 0.252 e. The second kappa shape index (κ2) is 10.6. The van der Waals surface area contributed by atoms with Crippen molar-refractivity contribution in [3.8, 4) is 11.8 Å². The highest BCUT2D eigenvalue weighted by Crippen LogP contribution is 2.34. The van der Waals surface area contributed by atoms with Crippen LogP contribution in [0.2, 0.25) is 0 Å². The van der Waals surface area contributed by atoms with Crippen molar-refractivity contribution in [3.63, 3.8) is 0 Å². The van der Waals surface area contributed by atoms with Crippen LogP contribution in [0.1, 0.15) is 45.2 Å². The van der Waals surface area contributed by atoms with Crippen molar-refractivity contribution in [3.05, 3.63) is 52.4 Å². The number of ether oxygens (including phenoxy) is 2. The van der Waals surface area contributed by atoms with Gasteiger partial charge in [0, 0.05) is 44.3 Å². The average molecular weight is 505 g/mol. The van der Waals surface area contributed by atoms with Crippen molar-refractivity contribution in [1.82, 2.24) is 19.2 Å². The van der Waals surface area contributed by atoms with Crippen LogP contribution in [-0.4, -0.2) is 63.7 Å². The molecule has 0 amide bonds. The highest BCUT2D eigenvalue weighted by Gasteiger charge is 2.36. The molecule has 0 spiro atoms. The Bertz CT molecular complexity index is 1340. The number of nitrogens with zero attached hydrogens (tertiary/aromatic N) is 6. The zero-order chi connectivity index (χ0) is 26.1. The molecule has 1 aromatic carbocycles. The predicted octanol–water partition coefficient (Wildman–Crippen LogP) is 3.48. The van der Waals surface area contributed by atoms with Gasteiger partial charge in [0.1, 0.15) is 23.9 Å². The van der Waals surface area contributed by atoms with E-state index in [4.69, 9.17) is 19.8 Å². The maximum Gasteiger partial charge on any atom is 0.252 e. The molecule has 4 heterocycles. The minimum atomic E-state index is -0.0616. The molecule has 2 fully saturated rings. The first kappa shape index (κ1) is 25.3. The largest absolute Gasteiger partial charge is 0.486 e. The van der Waals surface area contributed by atoms with Crippen molar-refractivity contribution >= 4 is 16.7 Å². The van der Waals surface area contributed by atoms with Crippen LogP contribution in [0.4, 0.5) is 5.69 Å². The molecule has 0 radical (unpaired) electrons. The summed E-state index contributed by atoms with van der Waals surface area (Å²) in [7, 11) is 1.76. The van der Waals surface area contributed by atoms with E-state index in [1.807, 2.05) is 0 Å². The van der Waals surface area contributed by atoms with Crippen LogP contribution in [0, 0.1) is 11.3 Å². The number of rotatable bonds is 8. The van der Waals surface area contributed by atoms with E-state index in [1.54, 1.807) is 28.6 Å². The summed E-state index contributed by atoms with van der Waals surface area (Å²) in [6.45, 7) is 9.90. The van der Waals surface area contributed by atoms with Crippen LogP contribution in [0.3, 0.4) is 0 Å². The molecule has 5 rings (SSSR count). The topological polar surface area (TPSA) is 88.5 Å². The Morgan fingerprint density at radius 1 is 1.16 bits per heavy atom. The molecule has 3 atom stereocenters. The average Bonchev–Trinajstić information content (AvgIpc) is 3.32. The zero-order valence-electron chi connectivity index (χ0n) is 22.1. The summed E-state index contributed by atoms with van der Waals surface area (Å²) in [6, 6.07) is 13.1. The first-order valence-corrected chi connectivity index (χ1v) is 13.2. The third-order valence-corrected chi connectivity index (χ3v) is 7.93. The minimum Gasteiger partial charge on any atom is -0.486 e. The van der Waals surface area contributed by atoms with Gasteiger partial charge < -0.3 is 18.9 Å². The molecule has 2 aromatic heterocycles. The van der Waals surface area contributed by atoms with Crippen LogP contribution in [0.15, 0.2) is 41.3 Å². The molecule has 0 saturated carbocycles. The van der Waals surface area contributed by atoms with E-state index in [0.29, 0.717) is 19.3 Å². The predicted molar refractivity (Wildman–Crippen MR) is 143 cm³/mol. The summed E-state index contributed by atoms with van der Waals surface area (Å²) in [5.41, 5.74) is 3.61. The molecular formula is C28H36N6O3. The van der Waals surface area contributed by atoms with Crippen LogP contribution in [0.25, 0.3) is 11.0 Å². The van der Waals surface area contributed by atoms with Gasteiger partial charge in [-0.1, -0.05) is 26.0 Å². The summed E-state index contributed by atoms with van der Waals surface area (Å²) in [6.07, 6.45) is 3.91. The van der Waals surface area contributed by atoms with Gasteiger partial charge in [-0.05, 0) is 37.5 Å².